The number of nitrogens with two attached hydrogens (primary N) is 1. The predicted octanol–water partition coefficient (Wildman–Crippen LogP) is 2.55. The van der Waals surface area contributed by atoms with E-state index < -0.39 is 0 Å². The Morgan fingerprint density at radius 1 is 1.64 bits per heavy atom. The maximum Gasteiger partial charge on any atom is 0.115 e. The van der Waals surface area contributed by atoms with Gasteiger partial charge in [-0.25, -0.2) is 4.99 Å². The number of alkyl halides is 1. The van der Waals surface area contributed by atoms with Crippen LogP contribution in [0.2, 0.25) is 0 Å². The highest BCUT2D eigenvalue weighted by atomic mass is 79.9. The van der Waals surface area contributed by atoms with E-state index in [0.717, 1.165) is 4.47 Å². The van der Waals surface area contributed by atoms with Gasteiger partial charge in [-0.3, -0.25) is 0 Å². The zero-order valence-electron chi connectivity index (χ0n) is 7.17. The summed E-state index contributed by atoms with van der Waals surface area (Å²) in [5, 5.41) is 8.63. The number of benzene rings is 1. The van der Waals surface area contributed by atoms with Gasteiger partial charge in [0.05, 0.1) is 23.2 Å². The van der Waals surface area contributed by atoms with Crippen molar-refractivity contribution < 1.29 is 0 Å². The predicted molar refractivity (Wildman–Crippen MR) is 60.9 cm³/mol. The monoisotopic (exact) mass is 271 g/mol. The number of hydrogen-bond acceptors (Lipinski definition) is 2. The fourth-order valence-electron chi connectivity index (χ4n) is 0.852. The molecule has 0 atom stereocenters. The fraction of sp³-hybridized carbons (Fsp3) is 0.111. The van der Waals surface area contributed by atoms with Gasteiger partial charge in [-0.1, -0.05) is 0 Å². The maximum absolute atomic E-state index is 8.63. The van der Waals surface area contributed by atoms with Gasteiger partial charge < -0.3 is 5.73 Å². The van der Waals surface area contributed by atoms with Crippen molar-refractivity contribution in [1.29, 1.82) is 5.26 Å². The van der Waals surface area contributed by atoms with Crippen LogP contribution in [0.5, 0.6) is 0 Å². The van der Waals surface area contributed by atoms with Crippen LogP contribution in [0.1, 0.15) is 5.56 Å². The van der Waals surface area contributed by atoms with Crippen LogP contribution in [0.3, 0.4) is 0 Å². The molecule has 0 amide bonds. The van der Waals surface area contributed by atoms with Crippen LogP contribution in [-0.4, -0.2) is 11.7 Å². The molecule has 0 fully saturated rings. The summed E-state index contributed by atoms with van der Waals surface area (Å²) < 4.78 is 0.726. The Labute approximate surface area is 95.3 Å². The minimum Gasteiger partial charge on any atom is -0.386 e. The van der Waals surface area contributed by atoms with Gasteiger partial charge in [0.15, 0.2) is 0 Å². The van der Waals surface area contributed by atoms with Gasteiger partial charge in [0.25, 0.3) is 0 Å². The van der Waals surface area contributed by atoms with Crippen LogP contribution >= 0.6 is 27.5 Å². The van der Waals surface area contributed by atoms with Crippen molar-refractivity contribution in [3.8, 4) is 6.07 Å². The van der Waals surface area contributed by atoms with E-state index in [0.29, 0.717) is 17.1 Å². The number of aliphatic imine (C=N–C) groups is 1. The van der Waals surface area contributed by atoms with Gasteiger partial charge in [0.1, 0.15) is 5.84 Å². The molecule has 0 heterocycles. The lowest BCUT2D eigenvalue weighted by Gasteiger charge is -1.99. The van der Waals surface area contributed by atoms with Crippen LogP contribution in [-0.2, 0) is 0 Å². The molecule has 0 aliphatic carbocycles. The van der Waals surface area contributed by atoms with E-state index in [2.05, 4.69) is 20.9 Å². The first-order valence-corrected chi connectivity index (χ1v) is 5.08. The van der Waals surface area contributed by atoms with Gasteiger partial charge in [-0.2, -0.15) is 5.26 Å². The number of nitrogens with zero attached hydrogens (tertiary/aromatic N) is 2. The largest absolute Gasteiger partial charge is 0.386 e. The summed E-state index contributed by atoms with van der Waals surface area (Å²) in [6.45, 7) is 0. The molecular weight excluding hydrogens is 265 g/mol. The van der Waals surface area contributed by atoms with Crippen LogP contribution in [0, 0.1) is 11.3 Å². The van der Waals surface area contributed by atoms with E-state index in [4.69, 9.17) is 22.6 Å². The van der Waals surface area contributed by atoms with Crippen molar-refractivity contribution >= 4 is 39.1 Å². The average Bonchev–Trinajstić information content (AvgIpc) is 2.20. The van der Waals surface area contributed by atoms with Crippen molar-refractivity contribution in [3.63, 3.8) is 0 Å². The molecule has 5 heteroatoms. The third-order valence-corrected chi connectivity index (χ3v) is 2.39. The molecular formula is C9H7BrClN3. The number of nitriles is 1. The van der Waals surface area contributed by atoms with Crippen LogP contribution in [0.15, 0.2) is 27.7 Å². The summed E-state index contributed by atoms with van der Waals surface area (Å²) in [5.41, 5.74) is 6.71. The Hall–Kier alpha value is -1.05. The lowest BCUT2D eigenvalue weighted by atomic mass is 10.2. The lowest BCUT2D eigenvalue weighted by molar-refractivity contribution is 1.41. The van der Waals surface area contributed by atoms with E-state index in [-0.39, 0.29) is 5.88 Å². The molecule has 14 heavy (non-hydrogen) atoms. The SMILES string of the molecule is N#Cc1ccc(N=C(N)CCl)c(Br)c1. The second kappa shape index (κ2) is 4.99. The summed E-state index contributed by atoms with van der Waals surface area (Å²) in [6.07, 6.45) is 0. The fourth-order valence-corrected chi connectivity index (χ4v) is 1.38. The van der Waals surface area contributed by atoms with Gasteiger partial charge >= 0.3 is 0 Å². The number of hydrogen-bond donors (Lipinski definition) is 1. The quantitative estimate of drug-likeness (QED) is 0.511. The van der Waals surface area contributed by atoms with Crippen molar-refractivity contribution in [2.24, 2.45) is 10.7 Å². The highest BCUT2D eigenvalue weighted by molar-refractivity contribution is 9.10. The molecule has 1 rings (SSSR count). The third kappa shape index (κ3) is 2.72. The first-order chi connectivity index (χ1) is 6.67. The minimum atomic E-state index is 0.187. The Balaban J connectivity index is 3.08. The van der Waals surface area contributed by atoms with Gasteiger partial charge in [0.2, 0.25) is 0 Å². The Morgan fingerprint density at radius 3 is 2.86 bits per heavy atom. The normalized spacial score (nSPS) is 11.1. The molecule has 0 radical (unpaired) electrons. The summed E-state index contributed by atoms with van der Waals surface area (Å²) in [5.74, 6) is 0.531. The molecule has 1 aromatic rings. The first kappa shape index (κ1) is 11.0. The molecule has 0 saturated heterocycles. The van der Waals surface area contributed by atoms with E-state index in [1.54, 1.807) is 18.2 Å². The second-order valence-corrected chi connectivity index (χ2v) is 3.64. The van der Waals surface area contributed by atoms with Gasteiger partial charge in [-0.15, -0.1) is 11.6 Å². The molecule has 0 unspecified atom stereocenters. The highest BCUT2D eigenvalue weighted by Gasteiger charge is 2.00. The molecule has 0 saturated carbocycles. The van der Waals surface area contributed by atoms with Crippen molar-refractivity contribution in [3.05, 3.63) is 28.2 Å². The summed E-state index contributed by atoms with van der Waals surface area (Å²) in [7, 11) is 0. The molecule has 3 nitrogen and oxygen atoms in total. The number of halogens is 2. The van der Waals surface area contributed by atoms with Crippen molar-refractivity contribution in [2.45, 2.75) is 0 Å². The standard InChI is InChI=1S/C9H7BrClN3/c10-7-3-6(5-12)1-2-8(7)14-9(13)4-11/h1-3H,4H2,(H2,13,14). The van der Waals surface area contributed by atoms with E-state index in [9.17, 15) is 0 Å². The Kier molecular flexibility index (Phi) is 3.93. The Bertz CT molecular complexity index is 409. The minimum absolute atomic E-state index is 0.187. The molecule has 0 aliphatic rings. The molecule has 0 aromatic heterocycles. The topological polar surface area (TPSA) is 62.2 Å². The second-order valence-electron chi connectivity index (χ2n) is 2.51. The van der Waals surface area contributed by atoms with Gasteiger partial charge in [-0.05, 0) is 34.1 Å². The van der Waals surface area contributed by atoms with E-state index in [1.807, 2.05) is 6.07 Å². The summed E-state index contributed by atoms with van der Waals surface area (Å²) in [6, 6.07) is 7.09. The number of rotatable bonds is 2. The van der Waals surface area contributed by atoms with E-state index >= 15 is 0 Å². The third-order valence-electron chi connectivity index (χ3n) is 1.48. The smallest absolute Gasteiger partial charge is 0.115 e. The first-order valence-electron chi connectivity index (χ1n) is 3.76. The van der Waals surface area contributed by atoms with Gasteiger partial charge in [0, 0.05) is 4.47 Å². The molecule has 0 aliphatic heterocycles. The maximum atomic E-state index is 8.63. The van der Waals surface area contributed by atoms with Crippen molar-refractivity contribution in [1.82, 2.24) is 0 Å². The summed E-state index contributed by atoms with van der Waals surface area (Å²) >= 11 is 8.78. The Morgan fingerprint density at radius 2 is 2.36 bits per heavy atom. The molecule has 72 valence electrons. The zero-order valence-corrected chi connectivity index (χ0v) is 9.51. The molecule has 0 bridgehead atoms. The summed E-state index contributed by atoms with van der Waals surface area (Å²) in [4.78, 5) is 4.06. The van der Waals surface area contributed by atoms with Crippen LogP contribution in [0.4, 0.5) is 5.69 Å². The zero-order chi connectivity index (χ0) is 10.6. The lowest BCUT2D eigenvalue weighted by Crippen LogP contribution is -2.12. The molecule has 1 aromatic carbocycles. The van der Waals surface area contributed by atoms with E-state index in [1.165, 1.54) is 0 Å². The highest BCUT2D eigenvalue weighted by Crippen LogP contribution is 2.26. The van der Waals surface area contributed by atoms with Crippen molar-refractivity contribution in [2.75, 3.05) is 5.88 Å². The van der Waals surface area contributed by atoms with Crippen LogP contribution in [0.25, 0.3) is 0 Å². The molecule has 0 spiro atoms. The average molecular weight is 273 g/mol. The molecule has 2 N–H and O–H groups in total. The van der Waals surface area contributed by atoms with Crippen LogP contribution < -0.4 is 5.73 Å². The number of amidine groups is 1.